The normalized spacial score (nSPS) is 20.5. The predicted molar refractivity (Wildman–Crippen MR) is 83.1 cm³/mol. The van der Waals surface area contributed by atoms with Gasteiger partial charge in [0.2, 0.25) is 0 Å². The van der Waals surface area contributed by atoms with Crippen LogP contribution in [0.15, 0.2) is 18.2 Å². The van der Waals surface area contributed by atoms with Gasteiger partial charge >= 0.3 is 0 Å². The summed E-state index contributed by atoms with van der Waals surface area (Å²) < 4.78 is 0. The zero-order chi connectivity index (χ0) is 13.8. The summed E-state index contributed by atoms with van der Waals surface area (Å²) in [4.78, 5) is 4.80. The summed E-state index contributed by atoms with van der Waals surface area (Å²) in [5, 5.41) is 3.61. The summed E-state index contributed by atoms with van der Waals surface area (Å²) in [6, 6.07) is 7.32. The standard InChI is InChI=1S/C16H27N3/c1-13-5-6-14(2)16(11-13)19(4)9-7-15-12-18(3)10-8-17-15/h5-6,11,15,17H,7-10,12H2,1-4H3. The van der Waals surface area contributed by atoms with Crippen LogP contribution < -0.4 is 10.2 Å². The van der Waals surface area contributed by atoms with Gasteiger partial charge in [0.1, 0.15) is 0 Å². The molecule has 1 atom stereocenters. The van der Waals surface area contributed by atoms with Crippen LogP contribution >= 0.6 is 0 Å². The maximum atomic E-state index is 3.61. The molecular weight excluding hydrogens is 234 g/mol. The Bertz CT molecular complexity index is 416. The number of hydrogen-bond donors (Lipinski definition) is 1. The van der Waals surface area contributed by atoms with Crippen LogP contribution in [0.2, 0.25) is 0 Å². The minimum Gasteiger partial charge on any atom is -0.374 e. The molecule has 19 heavy (non-hydrogen) atoms. The molecule has 0 saturated carbocycles. The van der Waals surface area contributed by atoms with E-state index in [0.717, 1.165) is 13.1 Å². The Balaban J connectivity index is 1.90. The van der Waals surface area contributed by atoms with Gasteiger partial charge in [-0.3, -0.25) is 0 Å². The highest BCUT2D eigenvalue weighted by Gasteiger charge is 2.16. The SMILES string of the molecule is Cc1ccc(C)c(N(C)CCC2CN(C)CCN2)c1. The van der Waals surface area contributed by atoms with E-state index in [-0.39, 0.29) is 0 Å². The molecular formula is C16H27N3. The molecule has 1 fully saturated rings. The Morgan fingerprint density at radius 3 is 2.89 bits per heavy atom. The lowest BCUT2D eigenvalue weighted by atomic mass is 10.1. The second-order valence-electron chi connectivity index (χ2n) is 5.91. The van der Waals surface area contributed by atoms with E-state index in [1.165, 1.54) is 36.3 Å². The molecule has 1 unspecified atom stereocenters. The molecule has 1 aliphatic heterocycles. The van der Waals surface area contributed by atoms with E-state index in [4.69, 9.17) is 0 Å². The van der Waals surface area contributed by atoms with Gasteiger partial charge in [-0.15, -0.1) is 0 Å². The highest BCUT2D eigenvalue weighted by Crippen LogP contribution is 2.20. The van der Waals surface area contributed by atoms with E-state index < -0.39 is 0 Å². The zero-order valence-corrected chi connectivity index (χ0v) is 12.7. The molecule has 2 rings (SSSR count). The van der Waals surface area contributed by atoms with E-state index in [1.807, 2.05) is 0 Å². The predicted octanol–water partition coefficient (Wildman–Crippen LogP) is 2.03. The molecule has 3 nitrogen and oxygen atoms in total. The van der Waals surface area contributed by atoms with Gasteiger partial charge in [-0.25, -0.2) is 0 Å². The topological polar surface area (TPSA) is 18.5 Å². The highest BCUT2D eigenvalue weighted by molar-refractivity contribution is 5.54. The van der Waals surface area contributed by atoms with Crippen molar-refractivity contribution in [1.82, 2.24) is 10.2 Å². The number of nitrogens with zero attached hydrogens (tertiary/aromatic N) is 2. The van der Waals surface area contributed by atoms with Gasteiger partial charge in [-0.05, 0) is 44.5 Å². The molecule has 1 N–H and O–H groups in total. The first-order chi connectivity index (χ1) is 9.06. The first kappa shape index (κ1) is 14.4. The van der Waals surface area contributed by atoms with Crippen LogP contribution in [0.5, 0.6) is 0 Å². The maximum absolute atomic E-state index is 3.61. The summed E-state index contributed by atoms with van der Waals surface area (Å²) >= 11 is 0. The number of aryl methyl sites for hydroxylation is 2. The van der Waals surface area contributed by atoms with Crippen molar-refractivity contribution in [3.63, 3.8) is 0 Å². The van der Waals surface area contributed by atoms with Crippen LogP contribution in [0.3, 0.4) is 0 Å². The summed E-state index contributed by atoms with van der Waals surface area (Å²) in [5.41, 5.74) is 4.06. The molecule has 3 heteroatoms. The maximum Gasteiger partial charge on any atom is 0.0395 e. The van der Waals surface area contributed by atoms with Crippen molar-refractivity contribution in [2.24, 2.45) is 0 Å². The fourth-order valence-electron chi connectivity index (χ4n) is 2.79. The fourth-order valence-corrected chi connectivity index (χ4v) is 2.79. The number of rotatable bonds is 4. The molecule has 0 radical (unpaired) electrons. The number of hydrogen-bond acceptors (Lipinski definition) is 3. The Morgan fingerprint density at radius 1 is 1.37 bits per heavy atom. The molecule has 0 amide bonds. The Morgan fingerprint density at radius 2 is 2.16 bits per heavy atom. The first-order valence-electron chi connectivity index (χ1n) is 7.26. The number of piperazine rings is 1. The Labute approximate surface area is 117 Å². The molecule has 1 heterocycles. The van der Waals surface area contributed by atoms with Crippen LogP contribution in [0, 0.1) is 13.8 Å². The van der Waals surface area contributed by atoms with Gasteiger partial charge in [-0.1, -0.05) is 12.1 Å². The molecule has 106 valence electrons. The van der Waals surface area contributed by atoms with Gasteiger partial charge in [0, 0.05) is 45.0 Å². The van der Waals surface area contributed by atoms with E-state index >= 15 is 0 Å². The number of likely N-dealkylation sites (N-methyl/N-ethyl adjacent to an activating group) is 1. The zero-order valence-electron chi connectivity index (χ0n) is 12.7. The van der Waals surface area contributed by atoms with Gasteiger partial charge < -0.3 is 15.1 Å². The van der Waals surface area contributed by atoms with Crippen molar-refractivity contribution in [3.8, 4) is 0 Å². The number of benzene rings is 1. The quantitative estimate of drug-likeness (QED) is 0.895. The third kappa shape index (κ3) is 3.95. The minimum atomic E-state index is 0.631. The van der Waals surface area contributed by atoms with E-state index in [2.05, 4.69) is 61.3 Å². The van der Waals surface area contributed by atoms with Gasteiger partial charge in [-0.2, -0.15) is 0 Å². The molecule has 1 aromatic carbocycles. The highest BCUT2D eigenvalue weighted by atomic mass is 15.2. The van der Waals surface area contributed by atoms with Crippen molar-refractivity contribution in [2.45, 2.75) is 26.3 Å². The number of anilines is 1. The fraction of sp³-hybridized carbons (Fsp3) is 0.625. The van der Waals surface area contributed by atoms with Crippen LogP contribution in [0.25, 0.3) is 0 Å². The van der Waals surface area contributed by atoms with Crippen molar-refractivity contribution >= 4 is 5.69 Å². The molecule has 1 aromatic rings. The van der Waals surface area contributed by atoms with Gasteiger partial charge in [0.25, 0.3) is 0 Å². The van der Waals surface area contributed by atoms with Gasteiger partial charge in [0.15, 0.2) is 0 Å². The number of nitrogens with one attached hydrogen (secondary N) is 1. The lowest BCUT2D eigenvalue weighted by molar-refractivity contribution is 0.233. The molecule has 0 bridgehead atoms. The van der Waals surface area contributed by atoms with Crippen LogP contribution in [-0.4, -0.2) is 51.2 Å². The van der Waals surface area contributed by atoms with Crippen LogP contribution in [0.4, 0.5) is 5.69 Å². The monoisotopic (exact) mass is 261 g/mol. The third-order valence-corrected chi connectivity index (χ3v) is 4.05. The largest absolute Gasteiger partial charge is 0.374 e. The summed E-state index contributed by atoms with van der Waals surface area (Å²) in [7, 11) is 4.41. The Hall–Kier alpha value is -1.06. The molecule has 0 spiro atoms. The first-order valence-corrected chi connectivity index (χ1v) is 7.26. The second kappa shape index (κ2) is 6.40. The van der Waals surface area contributed by atoms with Crippen LogP contribution in [0.1, 0.15) is 17.5 Å². The van der Waals surface area contributed by atoms with E-state index in [1.54, 1.807) is 0 Å². The molecule has 0 aromatic heterocycles. The lowest BCUT2D eigenvalue weighted by Gasteiger charge is -2.32. The Kier molecular flexibility index (Phi) is 4.83. The van der Waals surface area contributed by atoms with Crippen molar-refractivity contribution in [2.75, 3.05) is 45.2 Å². The van der Waals surface area contributed by atoms with E-state index in [0.29, 0.717) is 6.04 Å². The average molecular weight is 261 g/mol. The third-order valence-electron chi connectivity index (χ3n) is 4.05. The smallest absolute Gasteiger partial charge is 0.0395 e. The molecule has 1 aliphatic rings. The second-order valence-corrected chi connectivity index (χ2v) is 5.91. The molecule has 0 aliphatic carbocycles. The summed E-state index contributed by atoms with van der Waals surface area (Å²) in [6.45, 7) is 8.92. The van der Waals surface area contributed by atoms with Crippen molar-refractivity contribution < 1.29 is 0 Å². The van der Waals surface area contributed by atoms with E-state index in [9.17, 15) is 0 Å². The average Bonchev–Trinajstić information content (AvgIpc) is 2.39. The lowest BCUT2D eigenvalue weighted by Crippen LogP contribution is -2.49. The van der Waals surface area contributed by atoms with Crippen molar-refractivity contribution in [1.29, 1.82) is 0 Å². The minimum absolute atomic E-state index is 0.631. The summed E-state index contributed by atoms with van der Waals surface area (Å²) in [6.07, 6.45) is 1.20. The molecule has 1 saturated heterocycles. The van der Waals surface area contributed by atoms with Crippen molar-refractivity contribution in [3.05, 3.63) is 29.3 Å². The summed E-state index contributed by atoms with van der Waals surface area (Å²) in [5.74, 6) is 0. The van der Waals surface area contributed by atoms with Gasteiger partial charge in [0.05, 0.1) is 0 Å². The van der Waals surface area contributed by atoms with Crippen LogP contribution in [-0.2, 0) is 0 Å².